The van der Waals surface area contributed by atoms with Crippen LogP contribution in [0.4, 0.5) is 13.2 Å². The maximum Gasteiger partial charge on any atom is 0.435 e. The number of para-hydroxylation sites is 1. The Kier molecular flexibility index (Phi) is 4.42. The fraction of sp³-hybridized carbons (Fsp3) is 0.158. The van der Waals surface area contributed by atoms with Gasteiger partial charge in [0, 0.05) is 12.7 Å². The lowest BCUT2D eigenvalue weighted by molar-refractivity contribution is -0.141. The zero-order chi connectivity index (χ0) is 19.7. The molecule has 1 aliphatic rings. The van der Waals surface area contributed by atoms with Crippen molar-refractivity contribution in [3.05, 3.63) is 71.5 Å². The Labute approximate surface area is 157 Å². The summed E-state index contributed by atoms with van der Waals surface area (Å²) >= 11 is 0. The third-order valence-corrected chi connectivity index (χ3v) is 4.17. The molecule has 0 radical (unpaired) electrons. The quantitative estimate of drug-likeness (QED) is 0.741. The highest BCUT2D eigenvalue weighted by molar-refractivity contribution is 5.97. The fourth-order valence-electron chi connectivity index (χ4n) is 2.77. The maximum absolute atomic E-state index is 12.6. The second-order valence-electron chi connectivity index (χ2n) is 6.03. The molecule has 1 aliphatic heterocycles. The Morgan fingerprint density at radius 2 is 1.89 bits per heavy atom. The van der Waals surface area contributed by atoms with Crippen LogP contribution in [0.15, 0.2) is 54.7 Å². The van der Waals surface area contributed by atoms with E-state index in [9.17, 15) is 18.0 Å². The Balaban J connectivity index is 1.42. The Morgan fingerprint density at radius 3 is 2.61 bits per heavy atom. The normalized spacial score (nSPS) is 12.8. The van der Waals surface area contributed by atoms with Crippen molar-refractivity contribution in [1.29, 1.82) is 0 Å². The first-order valence-electron chi connectivity index (χ1n) is 8.31. The molecule has 0 spiro atoms. The molecule has 9 heteroatoms. The summed E-state index contributed by atoms with van der Waals surface area (Å²) < 4.78 is 49.7. The lowest BCUT2D eigenvalue weighted by atomic mass is 10.1. The van der Waals surface area contributed by atoms with Crippen molar-refractivity contribution in [2.75, 3.05) is 6.79 Å². The predicted octanol–water partition coefficient (Wildman–Crippen LogP) is 3.55. The molecule has 6 nitrogen and oxygen atoms in total. The van der Waals surface area contributed by atoms with Crippen molar-refractivity contribution < 1.29 is 27.4 Å². The number of carbonyl (C=O) groups excluding carboxylic acids is 1. The number of fused-ring (bicyclic) bond motifs is 1. The Morgan fingerprint density at radius 1 is 1.11 bits per heavy atom. The van der Waals surface area contributed by atoms with Gasteiger partial charge in [-0.15, -0.1) is 0 Å². The van der Waals surface area contributed by atoms with Gasteiger partial charge in [0.25, 0.3) is 5.91 Å². The molecule has 2 aromatic carbocycles. The molecule has 0 aliphatic carbocycles. The molecule has 3 aromatic rings. The van der Waals surface area contributed by atoms with Gasteiger partial charge >= 0.3 is 6.18 Å². The third-order valence-electron chi connectivity index (χ3n) is 4.17. The summed E-state index contributed by atoms with van der Waals surface area (Å²) in [5.41, 5.74) is 0.690. The molecule has 0 saturated heterocycles. The molecule has 144 valence electrons. The SMILES string of the molecule is O=C(NCc1ccc(-n2ccc(C(F)(F)F)n2)cc1)c1cccc2c1OCO2. The monoisotopic (exact) mass is 389 g/mol. The number of hydrogen-bond acceptors (Lipinski definition) is 4. The van der Waals surface area contributed by atoms with Gasteiger partial charge in [-0.25, -0.2) is 4.68 Å². The summed E-state index contributed by atoms with van der Waals surface area (Å²) in [7, 11) is 0. The molecule has 4 rings (SSSR count). The second kappa shape index (κ2) is 6.91. The van der Waals surface area contributed by atoms with Gasteiger partial charge in [-0.05, 0) is 35.9 Å². The van der Waals surface area contributed by atoms with Gasteiger partial charge in [-0.1, -0.05) is 18.2 Å². The number of amides is 1. The summed E-state index contributed by atoms with van der Waals surface area (Å²) in [6.45, 7) is 0.321. The standard InChI is InChI=1S/C19H14F3N3O3/c20-19(21,22)16-8-9-25(24-16)13-6-4-12(5-7-13)10-23-18(26)14-2-1-3-15-17(14)28-11-27-15/h1-9H,10-11H2,(H,23,26). The van der Waals surface area contributed by atoms with Gasteiger partial charge < -0.3 is 14.8 Å². The van der Waals surface area contributed by atoms with Crippen LogP contribution in [-0.2, 0) is 12.7 Å². The largest absolute Gasteiger partial charge is 0.454 e. The minimum atomic E-state index is -4.48. The van der Waals surface area contributed by atoms with Crippen molar-refractivity contribution in [3.8, 4) is 17.2 Å². The van der Waals surface area contributed by atoms with Crippen molar-refractivity contribution in [3.63, 3.8) is 0 Å². The van der Waals surface area contributed by atoms with Crippen molar-refractivity contribution >= 4 is 5.91 Å². The van der Waals surface area contributed by atoms with Crippen LogP contribution in [0.3, 0.4) is 0 Å². The molecule has 28 heavy (non-hydrogen) atoms. The first-order chi connectivity index (χ1) is 13.4. The topological polar surface area (TPSA) is 65.4 Å². The average Bonchev–Trinajstić information content (AvgIpc) is 3.35. The smallest absolute Gasteiger partial charge is 0.435 e. The highest BCUT2D eigenvalue weighted by atomic mass is 19.4. The van der Waals surface area contributed by atoms with Crippen LogP contribution in [-0.4, -0.2) is 22.5 Å². The van der Waals surface area contributed by atoms with Crippen LogP contribution in [0.25, 0.3) is 5.69 Å². The number of rotatable bonds is 4. The molecule has 2 heterocycles. The summed E-state index contributed by atoms with van der Waals surface area (Å²) in [5.74, 6) is 0.622. The zero-order valence-electron chi connectivity index (χ0n) is 14.4. The van der Waals surface area contributed by atoms with E-state index in [0.717, 1.165) is 16.3 Å². The van der Waals surface area contributed by atoms with Crippen LogP contribution in [0.5, 0.6) is 11.5 Å². The number of hydrogen-bond donors (Lipinski definition) is 1. The van der Waals surface area contributed by atoms with Crippen LogP contribution in [0.1, 0.15) is 21.6 Å². The van der Waals surface area contributed by atoms with Crippen molar-refractivity contribution in [1.82, 2.24) is 15.1 Å². The molecule has 0 unspecified atom stereocenters. The second-order valence-corrected chi connectivity index (χ2v) is 6.03. The van der Waals surface area contributed by atoms with Gasteiger partial charge in [0.05, 0.1) is 11.3 Å². The van der Waals surface area contributed by atoms with Crippen LogP contribution in [0, 0.1) is 0 Å². The number of benzene rings is 2. The van der Waals surface area contributed by atoms with Gasteiger partial charge in [-0.2, -0.15) is 18.3 Å². The van der Waals surface area contributed by atoms with E-state index in [-0.39, 0.29) is 19.2 Å². The van der Waals surface area contributed by atoms with E-state index < -0.39 is 11.9 Å². The van der Waals surface area contributed by atoms with Crippen molar-refractivity contribution in [2.24, 2.45) is 0 Å². The minimum absolute atomic E-state index is 0.0740. The minimum Gasteiger partial charge on any atom is -0.454 e. The number of halogens is 3. The lowest BCUT2D eigenvalue weighted by Crippen LogP contribution is -2.23. The highest BCUT2D eigenvalue weighted by Crippen LogP contribution is 2.35. The summed E-state index contributed by atoms with van der Waals surface area (Å²) in [4.78, 5) is 12.4. The molecule has 1 N–H and O–H groups in total. The molecular formula is C19H14F3N3O3. The Hall–Kier alpha value is -3.49. The number of ether oxygens (including phenoxy) is 2. The first kappa shape index (κ1) is 17.9. The zero-order valence-corrected chi connectivity index (χ0v) is 14.4. The lowest BCUT2D eigenvalue weighted by Gasteiger charge is -2.08. The van der Waals surface area contributed by atoms with E-state index in [1.165, 1.54) is 6.20 Å². The predicted molar refractivity (Wildman–Crippen MR) is 92.3 cm³/mol. The fourth-order valence-corrected chi connectivity index (χ4v) is 2.77. The van der Waals surface area contributed by atoms with Crippen LogP contribution in [0.2, 0.25) is 0 Å². The summed E-state index contributed by atoms with van der Waals surface area (Å²) in [6.07, 6.45) is -3.24. The number of aromatic nitrogens is 2. The van der Waals surface area contributed by atoms with Crippen molar-refractivity contribution in [2.45, 2.75) is 12.7 Å². The highest BCUT2D eigenvalue weighted by Gasteiger charge is 2.33. The van der Waals surface area contributed by atoms with E-state index in [2.05, 4.69) is 10.4 Å². The van der Waals surface area contributed by atoms with Crippen LogP contribution < -0.4 is 14.8 Å². The Bertz CT molecular complexity index is 1010. The van der Waals surface area contributed by atoms with Gasteiger partial charge in [-0.3, -0.25) is 4.79 Å². The van der Waals surface area contributed by atoms with E-state index in [1.54, 1.807) is 42.5 Å². The summed E-state index contributed by atoms with van der Waals surface area (Å²) in [6, 6.07) is 12.7. The molecule has 0 atom stereocenters. The number of nitrogens with one attached hydrogen (secondary N) is 1. The van der Waals surface area contributed by atoms with E-state index in [4.69, 9.17) is 9.47 Å². The molecule has 0 bridgehead atoms. The average molecular weight is 389 g/mol. The molecule has 1 aromatic heterocycles. The van der Waals surface area contributed by atoms with Gasteiger partial charge in [0.1, 0.15) is 0 Å². The van der Waals surface area contributed by atoms with Gasteiger partial charge in [0.2, 0.25) is 6.79 Å². The molecule has 0 saturated carbocycles. The first-order valence-corrected chi connectivity index (χ1v) is 8.31. The molecular weight excluding hydrogens is 375 g/mol. The number of alkyl halides is 3. The van der Waals surface area contributed by atoms with Crippen LogP contribution >= 0.6 is 0 Å². The van der Waals surface area contributed by atoms with E-state index in [0.29, 0.717) is 22.7 Å². The van der Waals surface area contributed by atoms with Gasteiger partial charge in [0.15, 0.2) is 17.2 Å². The number of nitrogens with zero attached hydrogens (tertiary/aromatic N) is 2. The summed E-state index contributed by atoms with van der Waals surface area (Å²) in [5, 5.41) is 6.31. The third kappa shape index (κ3) is 3.51. The maximum atomic E-state index is 12.6. The number of carbonyl (C=O) groups is 1. The molecule has 1 amide bonds. The molecule has 0 fully saturated rings. The van der Waals surface area contributed by atoms with E-state index >= 15 is 0 Å². The van der Waals surface area contributed by atoms with E-state index in [1.807, 2.05) is 0 Å².